The van der Waals surface area contributed by atoms with E-state index in [1.165, 1.54) is 6.92 Å². The second-order valence-corrected chi connectivity index (χ2v) is 3.40. The Morgan fingerprint density at radius 1 is 1.64 bits per heavy atom. The second kappa shape index (κ2) is 5.39. The van der Waals surface area contributed by atoms with Gasteiger partial charge in [0.1, 0.15) is 5.54 Å². The summed E-state index contributed by atoms with van der Waals surface area (Å²) in [5, 5.41) is 18.5. The molecule has 1 unspecified atom stereocenters. The molecular weight excluding hydrogens is 182 g/mol. The van der Waals surface area contributed by atoms with Crippen LogP contribution in [0.2, 0.25) is 0 Å². The maximum Gasteiger partial charge on any atom is 0.323 e. The predicted octanol–water partition coefficient (Wildman–Crippen LogP) is 0.321. The number of nitrogens with one attached hydrogen (secondary N) is 2. The van der Waals surface area contributed by atoms with Crippen molar-refractivity contribution in [3.63, 3.8) is 0 Å². The minimum atomic E-state index is -1.21. The zero-order chi connectivity index (χ0) is 11.2. The molecule has 0 radical (unpaired) electrons. The Hall–Kier alpha value is -1.36. The van der Waals surface area contributed by atoms with Crippen LogP contribution in [0.25, 0.3) is 0 Å². The largest absolute Gasteiger partial charge is 0.480 e. The van der Waals surface area contributed by atoms with E-state index in [1.54, 1.807) is 19.1 Å². The van der Waals surface area contributed by atoms with Crippen molar-refractivity contribution in [1.29, 1.82) is 5.41 Å². The molecule has 0 saturated heterocycles. The van der Waals surface area contributed by atoms with Crippen LogP contribution in [0.5, 0.6) is 0 Å². The third kappa shape index (κ3) is 5.31. The van der Waals surface area contributed by atoms with Gasteiger partial charge in [0.15, 0.2) is 0 Å². The highest BCUT2D eigenvalue weighted by molar-refractivity contribution is 5.78. The van der Waals surface area contributed by atoms with Gasteiger partial charge in [0.25, 0.3) is 0 Å². The summed E-state index contributed by atoms with van der Waals surface area (Å²) in [4.78, 5) is 10.6. The summed E-state index contributed by atoms with van der Waals surface area (Å²) in [6.45, 7) is 3.62. The highest BCUT2D eigenvalue weighted by atomic mass is 16.4. The van der Waals surface area contributed by atoms with E-state index in [4.69, 9.17) is 16.2 Å². The molecule has 14 heavy (non-hydrogen) atoms. The van der Waals surface area contributed by atoms with Crippen molar-refractivity contribution in [3.8, 4) is 0 Å². The van der Waals surface area contributed by atoms with Gasteiger partial charge in [-0.15, -0.1) is 0 Å². The van der Waals surface area contributed by atoms with Gasteiger partial charge in [-0.3, -0.25) is 10.2 Å². The number of carboxylic acids is 1. The summed E-state index contributed by atoms with van der Waals surface area (Å²) < 4.78 is 0. The number of nitrogens with two attached hydrogens (primary N) is 1. The summed E-state index contributed by atoms with van der Waals surface area (Å²) in [6.07, 6.45) is 3.73. The summed E-state index contributed by atoms with van der Waals surface area (Å²) in [7, 11) is 0. The molecule has 0 aromatic rings. The first kappa shape index (κ1) is 12.6. The molecule has 0 bridgehead atoms. The van der Waals surface area contributed by atoms with Crippen molar-refractivity contribution in [2.75, 3.05) is 6.54 Å². The van der Waals surface area contributed by atoms with E-state index in [0.29, 0.717) is 12.4 Å². The van der Waals surface area contributed by atoms with Crippen molar-refractivity contribution in [2.45, 2.75) is 25.8 Å². The van der Waals surface area contributed by atoms with Crippen LogP contribution in [-0.4, -0.2) is 29.0 Å². The van der Waals surface area contributed by atoms with E-state index in [1.807, 2.05) is 0 Å². The molecule has 0 aliphatic carbocycles. The molecule has 5 nitrogen and oxygen atoms in total. The van der Waals surface area contributed by atoms with E-state index in [0.717, 1.165) is 0 Å². The van der Waals surface area contributed by atoms with Crippen molar-refractivity contribution in [2.24, 2.45) is 5.73 Å². The highest BCUT2D eigenvalue weighted by Gasteiger charge is 2.25. The van der Waals surface area contributed by atoms with Crippen LogP contribution in [0.3, 0.4) is 0 Å². The van der Waals surface area contributed by atoms with Gasteiger partial charge >= 0.3 is 5.97 Å². The number of carbonyl (C=O) groups is 1. The summed E-state index contributed by atoms with van der Waals surface area (Å²) >= 11 is 0. The Morgan fingerprint density at radius 2 is 2.21 bits per heavy atom. The Labute approximate surface area is 83.5 Å². The van der Waals surface area contributed by atoms with E-state index in [9.17, 15) is 4.79 Å². The number of rotatable bonds is 5. The van der Waals surface area contributed by atoms with Gasteiger partial charge in [-0.25, -0.2) is 0 Å². The topological polar surface area (TPSA) is 99.2 Å². The standard InChI is InChI=1S/C9H17N3O2/c1-7(10)12-6-4-3-5-9(2,11)8(13)14/h3-4H,5-6,11H2,1-2H3,(H2,10,12)(H,13,14)/b4-3+. The molecule has 0 fully saturated rings. The van der Waals surface area contributed by atoms with Gasteiger partial charge in [-0.1, -0.05) is 12.2 Å². The first-order valence-electron chi connectivity index (χ1n) is 4.32. The van der Waals surface area contributed by atoms with Crippen LogP contribution in [0.4, 0.5) is 0 Å². The number of hydrogen-bond acceptors (Lipinski definition) is 3. The molecule has 0 aromatic carbocycles. The Bertz CT molecular complexity index is 246. The Kier molecular flexibility index (Phi) is 4.86. The summed E-state index contributed by atoms with van der Waals surface area (Å²) in [5.74, 6) is -0.637. The summed E-state index contributed by atoms with van der Waals surface area (Å²) in [5.41, 5.74) is 4.28. The minimum Gasteiger partial charge on any atom is -0.480 e. The minimum absolute atomic E-state index is 0.279. The van der Waals surface area contributed by atoms with Gasteiger partial charge in [0.2, 0.25) is 0 Å². The molecule has 0 amide bonds. The lowest BCUT2D eigenvalue weighted by Crippen LogP contribution is -2.44. The van der Waals surface area contributed by atoms with Crippen LogP contribution in [0.15, 0.2) is 12.2 Å². The fraction of sp³-hybridized carbons (Fsp3) is 0.556. The number of carboxylic acid groups (broad SMARTS) is 1. The fourth-order valence-corrected chi connectivity index (χ4v) is 0.711. The lowest BCUT2D eigenvalue weighted by atomic mass is 10.00. The van der Waals surface area contributed by atoms with Crippen molar-refractivity contribution in [1.82, 2.24) is 5.32 Å². The Balaban J connectivity index is 3.82. The second-order valence-electron chi connectivity index (χ2n) is 3.40. The average molecular weight is 199 g/mol. The molecule has 5 heteroatoms. The average Bonchev–Trinajstić information content (AvgIpc) is 2.02. The third-order valence-corrected chi connectivity index (χ3v) is 1.68. The van der Waals surface area contributed by atoms with Crippen LogP contribution in [0, 0.1) is 5.41 Å². The van der Waals surface area contributed by atoms with E-state index < -0.39 is 11.5 Å². The summed E-state index contributed by atoms with van der Waals surface area (Å²) in [6, 6.07) is 0. The molecule has 0 saturated carbocycles. The SMILES string of the molecule is CC(=N)NC/C=C/CC(C)(N)C(=O)O. The third-order valence-electron chi connectivity index (χ3n) is 1.68. The number of hydrogen-bond donors (Lipinski definition) is 4. The number of aliphatic carboxylic acids is 1. The monoisotopic (exact) mass is 199 g/mol. The highest BCUT2D eigenvalue weighted by Crippen LogP contribution is 2.05. The van der Waals surface area contributed by atoms with Gasteiger partial charge in [0.05, 0.1) is 5.84 Å². The normalized spacial score (nSPS) is 15.1. The van der Waals surface area contributed by atoms with Crippen LogP contribution in [-0.2, 0) is 4.79 Å². The lowest BCUT2D eigenvalue weighted by Gasteiger charge is -2.16. The Morgan fingerprint density at radius 3 is 2.64 bits per heavy atom. The molecule has 0 aliphatic heterocycles. The molecule has 0 spiro atoms. The smallest absolute Gasteiger partial charge is 0.323 e. The predicted molar refractivity (Wildman–Crippen MR) is 55.4 cm³/mol. The molecule has 0 rings (SSSR count). The zero-order valence-electron chi connectivity index (χ0n) is 8.50. The van der Waals surface area contributed by atoms with Crippen LogP contribution < -0.4 is 11.1 Å². The van der Waals surface area contributed by atoms with Crippen LogP contribution >= 0.6 is 0 Å². The van der Waals surface area contributed by atoms with Crippen molar-refractivity contribution in [3.05, 3.63) is 12.2 Å². The fourth-order valence-electron chi connectivity index (χ4n) is 0.711. The van der Waals surface area contributed by atoms with Crippen molar-refractivity contribution < 1.29 is 9.90 Å². The van der Waals surface area contributed by atoms with E-state index in [-0.39, 0.29) is 6.42 Å². The zero-order valence-corrected chi connectivity index (χ0v) is 8.50. The lowest BCUT2D eigenvalue weighted by molar-refractivity contribution is -0.142. The van der Waals surface area contributed by atoms with Gasteiger partial charge in [-0.2, -0.15) is 0 Å². The van der Waals surface area contributed by atoms with E-state index >= 15 is 0 Å². The molecular formula is C9H17N3O2. The molecule has 0 heterocycles. The van der Waals surface area contributed by atoms with E-state index in [2.05, 4.69) is 5.32 Å². The molecule has 80 valence electrons. The molecule has 5 N–H and O–H groups in total. The van der Waals surface area contributed by atoms with Gasteiger partial charge in [-0.05, 0) is 20.3 Å². The number of amidine groups is 1. The maximum atomic E-state index is 10.6. The first-order chi connectivity index (χ1) is 6.36. The maximum absolute atomic E-state index is 10.6. The van der Waals surface area contributed by atoms with Gasteiger partial charge < -0.3 is 16.2 Å². The van der Waals surface area contributed by atoms with Gasteiger partial charge in [0, 0.05) is 6.54 Å². The quantitative estimate of drug-likeness (QED) is 0.291. The molecule has 1 atom stereocenters. The molecule has 0 aromatic heterocycles. The molecule has 0 aliphatic rings. The first-order valence-corrected chi connectivity index (χ1v) is 4.32. The van der Waals surface area contributed by atoms with Crippen LogP contribution in [0.1, 0.15) is 20.3 Å². The van der Waals surface area contributed by atoms with Crippen molar-refractivity contribution >= 4 is 11.8 Å².